The fourth-order valence-electron chi connectivity index (χ4n) is 6.55. The highest BCUT2D eigenvalue weighted by molar-refractivity contribution is 6.33. The predicted octanol–water partition coefficient (Wildman–Crippen LogP) is 3.21. The highest BCUT2D eigenvalue weighted by atomic mass is 35.5. The maximum absolute atomic E-state index is 14.2. The van der Waals surface area contributed by atoms with Crippen LogP contribution >= 0.6 is 11.6 Å². The second-order valence-electron chi connectivity index (χ2n) is 10.2. The summed E-state index contributed by atoms with van der Waals surface area (Å²) in [6, 6.07) is 14.6. The van der Waals surface area contributed by atoms with E-state index >= 15 is 0 Å². The molecule has 0 aliphatic carbocycles. The Bertz CT molecular complexity index is 1210. The van der Waals surface area contributed by atoms with Crippen LogP contribution in [0.15, 0.2) is 54.6 Å². The van der Waals surface area contributed by atoms with Crippen LogP contribution in [-0.4, -0.2) is 64.3 Å². The van der Waals surface area contributed by atoms with Crippen molar-refractivity contribution in [2.24, 2.45) is 11.8 Å². The summed E-state index contributed by atoms with van der Waals surface area (Å²) in [5.41, 5.74) is -0.826. The zero-order valence-corrected chi connectivity index (χ0v) is 21.6. The first kappa shape index (κ1) is 25.7. The SMILES string of the molecule is CCOC(=O)[C@H]1[C@H]2C(=O)N([C@@H](CO)Cc3ccccc3)C(C(=O)Nc3ccccc3Cl)C23CC[C@]1(C)O3. The number of hydrogen-bond acceptors (Lipinski definition) is 6. The first-order valence-corrected chi connectivity index (χ1v) is 13.0. The molecule has 1 spiro atoms. The van der Waals surface area contributed by atoms with Gasteiger partial charge >= 0.3 is 5.97 Å². The lowest BCUT2D eigenvalue weighted by molar-refractivity contribution is -0.160. The summed E-state index contributed by atoms with van der Waals surface area (Å²) in [4.78, 5) is 42.7. The van der Waals surface area contributed by atoms with E-state index < -0.39 is 47.0 Å². The Morgan fingerprint density at radius 1 is 1.19 bits per heavy atom. The lowest BCUT2D eigenvalue weighted by atomic mass is 9.66. The third-order valence-corrected chi connectivity index (χ3v) is 8.38. The average Bonchev–Trinajstić information content (AvgIpc) is 3.45. The molecule has 3 aliphatic heterocycles. The molecule has 8 nitrogen and oxygen atoms in total. The summed E-state index contributed by atoms with van der Waals surface area (Å²) in [7, 11) is 0. The zero-order chi connectivity index (χ0) is 26.4. The number of esters is 1. The number of fused-ring (bicyclic) bond motifs is 1. The van der Waals surface area contributed by atoms with Crippen molar-refractivity contribution in [2.75, 3.05) is 18.5 Å². The van der Waals surface area contributed by atoms with Gasteiger partial charge in [0.25, 0.3) is 0 Å². The molecule has 2 aromatic rings. The Morgan fingerprint density at radius 2 is 1.89 bits per heavy atom. The third kappa shape index (κ3) is 4.11. The maximum atomic E-state index is 14.2. The van der Waals surface area contributed by atoms with Crippen molar-refractivity contribution in [3.63, 3.8) is 0 Å². The van der Waals surface area contributed by atoms with Gasteiger partial charge in [0.2, 0.25) is 11.8 Å². The number of aliphatic hydroxyl groups excluding tert-OH is 1. The van der Waals surface area contributed by atoms with Crippen molar-refractivity contribution < 1.29 is 29.0 Å². The van der Waals surface area contributed by atoms with Gasteiger partial charge in [-0.1, -0.05) is 54.1 Å². The Labute approximate surface area is 220 Å². The van der Waals surface area contributed by atoms with E-state index in [-0.39, 0.29) is 19.1 Å². The first-order valence-electron chi connectivity index (χ1n) is 12.6. The number of likely N-dealkylation sites (tertiary alicyclic amines) is 1. The molecule has 2 bridgehead atoms. The summed E-state index contributed by atoms with van der Waals surface area (Å²) in [5.74, 6) is -3.08. The number of amides is 2. The molecule has 9 heteroatoms. The molecule has 37 heavy (non-hydrogen) atoms. The van der Waals surface area contributed by atoms with Gasteiger partial charge in [0.05, 0.1) is 41.5 Å². The Balaban J connectivity index is 1.58. The van der Waals surface area contributed by atoms with Gasteiger partial charge in [0.15, 0.2) is 0 Å². The first-order chi connectivity index (χ1) is 17.8. The normalized spacial score (nSPS) is 30.8. The van der Waals surface area contributed by atoms with Crippen LogP contribution in [0, 0.1) is 11.8 Å². The molecular weight excluding hydrogens is 496 g/mol. The van der Waals surface area contributed by atoms with Crippen LogP contribution in [0.5, 0.6) is 0 Å². The summed E-state index contributed by atoms with van der Waals surface area (Å²) in [5, 5.41) is 13.7. The number of hydrogen-bond donors (Lipinski definition) is 2. The van der Waals surface area contributed by atoms with Crippen LogP contribution in [0.2, 0.25) is 5.02 Å². The van der Waals surface area contributed by atoms with Crippen LogP contribution in [0.1, 0.15) is 32.3 Å². The van der Waals surface area contributed by atoms with Crippen LogP contribution < -0.4 is 5.32 Å². The number of aliphatic hydroxyl groups is 1. The van der Waals surface area contributed by atoms with Gasteiger partial charge in [-0.15, -0.1) is 0 Å². The smallest absolute Gasteiger partial charge is 0.312 e. The van der Waals surface area contributed by atoms with E-state index in [1.807, 2.05) is 37.3 Å². The molecule has 0 saturated carbocycles. The third-order valence-electron chi connectivity index (χ3n) is 8.05. The molecule has 6 atom stereocenters. The number of nitrogens with one attached hydrogen (secondary N) is 1. The number of nitrogens with zero attached hydrogens (tertiary/aromatic N) is 1. The van der Waals surface area contributed by atoms with E-state index in [1.165, 1.54) is 4.90 Å². The van der Waals surface area contributed by atoms with Gasteiger partial charge in [-0.3, -0.25) is 14.4 Å². The van der Waals surface area contributed by atoms with Crippen molar-refractivity contribution in [3.05, 3.63) is 65.2 Å². The number of benzene rings is 2. The van der Waals surface area contributed by atoms with E-state index in [9.17, 15) is 19.5 Å². The molecule has 3 heterocycles. The van der Waals surface area contributed by atoms with E-state index in [0.717, 1.165) is 5.56 Å². The minimum atomic E-state index is -1.22. The highest BCUT2D eigenvalue weighted by Crippen LogP contribution is 2.63. The molecule has 2 aromatic carbocycles. The van der Waals surface area contributed by atoms with Gasteiger partial charge in [-0.2, -0.15) is 0 Å². The number of para-hydroxylation sites is 1. The Kier molecular flexibility index (Phi) is 6.77. The maximum Gasteiger partial charge on any atom is 0.312 e. The lowest BCUT2D eigenvalue weighted by Gasteiger charge is -2.37. The number of carbonyl (C=O) groups is 3. The number of rotatable bonds is 8. The van der Waals surface area contributed by atoms with Crippen LogP contribution in [-0.2, 0) is 30.3 Å². The predicted molar refractivity (Wildman–Crippen MR) is 137 cm³/mol. The number of anilines is 1. The molecule has 0 radical (unpaired) electrons. The van der Waals surface area contributed by atoms with E-state index in [2.05, 4.69) is 5.32 Å². The minimum absolute atomic E-state index is 0.173. The fourth-order valence-corrected chi connectivity index (χ4v) is 6.73. The summed E-state index contributed by atoms with van der Waals surface area (Å²) in [6.07, 6.45) is 1.27. The molecule has 0 aromatic heterocycles. The second-order valence-corrected chi connectivity index (χ2v) is 10.6. The number of carbonyl (C=O) groups excluding carboxylic acids is 3. The minimum Gasteiger partial charge on any atom is -0.466 e. The van der Waals surface area contributed by atoms with Gasteiger partial charge in [0.1, 0.15) is 17.6 Å². The van der Waals surface area contributed by atoms with Gasteiger partial charge in [0, 0.05) is 0 Å². The number of halogens is 1. The zero-order valence-electron chi connectivity index (χ0n) is 20.9. The summed E-state index contributed by atoms with van der Waals surface area (Å²) < 4.78 is 11.9. The molecular formula is C28H31ClN2O6. The molecule has 196 valence electrons. The number of ether oxygens (including phenoxy) is 2. The summed E-state index contributed by atoms with van der Waals surface area (Å²) in [6.45, 7) is 3.34. The van der Waals surface area contributed by atoms with Crippen molar-refractivity contribution in [3.8, 4) is 0 Å². The van der Waals surface area contributed by atoms with E-state index in [0.29, 0.717) is 30.0 Å². The van der Waals surface area contributed by atoms with Crippen molar-refractivity contribution in [2.45, 2.75) is 56.4 Å². The molecule has 3 aliphatic rings. The molecule has 3 fully saturated rings. The monoisotopic (exact) mass is 526 g/mol. The van der Waals surface area contributed by atoms with Crippen molar-refractivity contribution in [1.29, 1.82) is 0 Å². The van der Waals surface area contributed by atoms with Gasteiger partial charge in [-0.25, -0.2) is 0 Å². The Morgan fingerprint density at radius 3 is 2.57 bits per heavy atom. The van der Waals surface area contributed by atoms with E-state index in [4.69, 9.17) is 21.1 Å². The van der Waals surface area contributed by atoms with Crippen molar-refractivity contribution in [1.82, 2.24) is 4.90 Å². The lowest BCUT2D eigenvalue weighted by Crippen LogP contribution is -2.57. The van der Waals surface area contributed by atoms with Gasteiger partial charge < -0.3 is 24.8 Å². The van der Waals surface area contributed by atoms with Crippen LogP contribution in [0.3, 0.4) is 0 Å². The summed E-state index contributed by atoms with van der Waals surface area (Å²) >= 11 is 6.32. The van der Waals surface area contributed by atoms with E-state index in [1.54, 1.807) is 31.2 Å². The topological polar surface area (TPSA) is 105 Å². The fraction of sp³-hybridized carbons (Fsp3) is 0.464. The van der Waals surface area contributed by atoms with Crippen LogP contribution in [0.25, 0.3) is 0 Å². The molecule has 2 unspecified atom stereocenters. The second kappa shape index (κ2) is 9.74. The van der Waals surface area contributed by atoms with Crippen molar-refractivity contribution >= 4 is 35.1 Å². The molecule has 2 amide bonds. The quantitative estimate of drug-likeness (QED) is 0.512. The molecule has 2 N–H and O–H groups in total. The average molecular weight is 527 g/mol. The molecule has 5 rings (SSSR count). The Hall–Kier alpha value is -2.94. The molecule has 3 saturated heterocycles. The largest absolute Gasteiger partial charge is 0.466 e. The van der Waals surface area contributed by atoms with Crippen LogP contribution in [0.4, 0.5) is 5.69 Å². The standard InChI is InChI=1S/C28H31ClN2O6/c1-3-36-26(35)22-21-25(34)31(18(16-32)15-17-9-5-4-6-10-17)23(28(21)14-13-27(22,2)37-28)24(33)30-20-12-8-7-11-19(20)29/h4-12,18,21-23,32H,3,13-16H2,1-2H3,(H,30,33)/t18-,21+,22-,23?,27+,28?/m1/s1. The highest BCUT2D eigenvalue weighted by Gasteiger charge is 2.78. The van der Waals surface area contributed by atoms with Gasteiger partial charge in [-0.05, 0) is 50.8 Å².